The zero-order valence-corrected chi connectivity index (χ0v) is 16.7. The highest BCUT2D eigenvalue weighted by Crippen LogP contribution is 2.39. The molecule has 2 aromatic heterocycles. The van der Waals surface area contributed by atoms with E-state index in [1.54, 1.807) is 18.2 Å². The largest absolute Gasteiger partial charge is 0.454 e. The predicted molar refractivity (Wildman–Crippen MR) is 106 cm³/mol. The molecule has 0 amide bonds. The van der Waals surface area contributed by atoms with Crippen molar-refractivity contribution in [1.82, 2.24) is 19.7 Å². The number of nitrogens with zero attached hydrogens (tertiary/aromatic N) is 4. The molecule has 0 atom stereocenters. The lowest BCUT2D eigenvalue weighted by Gasteiger charge is -2.07. The molecule has 158 valence electrons. The summed E-state index contributed by atoms with van der Waals surface area (Å²) in [5.41, 5.74) is 6.47. The molecular formula is C19H13F2N5O4S. The zero-order chi connectivity index (χ0) is 21.9. The SMILES string of the molecule is CS(=O)(=O)c1nc(-c2ccc3c(c2)OCO3)c2c(N)n(-c3cc(F)ccc3F)nc2n1. The smallest absolute Gasteiger partial charge is 0.249 e. The molecule has 2 aromatic carbocycles. The number of rotatable bonds is 3. The van der Waals surface area contributed by atoms with E-state index in [2.05, 4.69) is 15.1 Å². The number of ether oxygens (including phenoxy) is 2. The zero-order valence-electron chi connectivity index (χ0n) is 15.8. The highest BCUT2D eigenvalue weighted by Gasteiger charge is 2.25. The van der Waals surface area contributed by atoms with Crippen LogP contribution in [0.5, 0.6) is 11.5 Å². The van der Waals surface area contributed by atoms with Crippen LogP contribution in [-0.4, -0.2) is 41.2 Å². The van der Waals surface area contributed by atoms with Gasteiger partial charge < -0.3 is 15.2 Å². The van der Waals surface area contributed by atoms with Gasteiger partial charge in [-0.25, -0.2) is 26.9 Å². The van der Waals surface area contributed by atoms with Gasteiger partial charge in [-0.3, -0.25) is 0 Å². The topological polar surface area (TPSA) is 122 Å². The van der Waals surface area contributed by atoms with Crippen LogP contribution in [0.2, 0.25) is 0 Å². The maximum atomic E-state index is 14.4. The van der Waals surface area contributed by atoms with Gasteiger partial charge in [0.25, 0.3) is 0 Å². The first-order valence-corrected chi connectivity index (χ1v) is 10.7. The molecule has 12 heteroatoms. The monoisotopic (exact) mass is 445 g/mol. The van der Waals surface area contributed by atoms with Crippen molar-refractivity contribution in [3.05, 3.63) is 48.0 Å². The Labute approximate surface area is 174 Å². The second-order valence-corrected chi connectivity index (χ2v) is 8.70. The molecule has 0 aliphatic carbocycles. The van der Waals surface area contributed by atoms with Gasteiger partial charge in [0.15, 0.2) is 17.1 Å². The Bertz CT molecular complexity index is 1490. The van der Waals surface area contributed by atoms with Gasteiger partial charge in [-0.15, -0.1) is 5.10 Å². The Morgan fingerprint density at radius 3 is 2.61 bits per heavy atom. The van der Waals surface area contributed by atoms with Crippen molar-refractivity contribution in [3.8, 4) is 28.4 Å². The average molecular weight is 445 g/mol. The van der Waals surface area contributed by atoms with Crippen LogP contribution in [0, 0.1) is 11.6 Å². The van der Waals surface area contributed by atoms with Crippen LogP contribution >= 0.6 is 0 Å². The number of nitrogen functional groups attached to an aromatic ring is 1. The molecule has 3 heterocycles. The Kier molecular flexibility index (Phi) is 4.09. The first kappa shape index (κ1) is 19.2. The molecule has 9 nitrogen and oxygen atoms in total. The molecule has 2 N–H and O–H groups in total. The third-order valence-electron chi connectivity index (χ3n) is 4.66. The summed E-state index contributed by atoms with van der Waals surface area (Å²) in [5, 5.41) is 3.82. The van der Waals surface area contributed by atoms with Crippen LogP contribution in [0.4, 0.5) is 14.6 Å². The maximum absolute atomic E-state index is 14.4. The number of fused-ring (bicyclic) bond motifs is 2. The summed E-state index contributed by atoms with van der Waals surface area (Å²) in [6.45, 7) is 0.0471. The van der Waals surface area contributed by atoms with E-state index in [-0.39, 0.29) is 35.0 Å². The molecular weight excluding hydrogens is 432 g/mol. The lowest BCUT2D eigenvalue weighted by Crippen LogP contribution is -2.06. The van der Waals surface area contributed by atoms with Gasteiger partial charge in [0.05, 0.1) is 11.1 Å². The molecule has 0 bridgehead atoms. The molecule has 0 unspecified atom stereocenters. The van der Waals surface area contributed by atoms with Gasteiger partial charge in [0.1, 0.15) is 23.1 Å². The minimum Gasteiger partial charge on any atom is -0.454 e. The normalized spacial score (nSPS) is 13.1. The molecule has 5 rings (SSSR count). The predicted octanol–water partition coefficient (Wildman–Crippen LogP) is 2.48. The van der Waals surface area contributed by atoms with Gasteiger partial charge in [-0.2, -0.15) is 4.98 Å². The Hall–Kier alpha value is -3.80. The van der Waals surface area contributed by atoms with Gasteiger partial charge in [-0.1, -0.05) is 0 Å². The number of benzene rings is 2. The van der Waals surface area contributed by atoms with Crippen LogP contribution in [0.25, 0.3) is 28.0 Å². The van der Waals surface area contributed by atoms with E-state index in [1.807, 2.05) is 0 Å². The quantitative estimate of drug-likeness (QED) is 0.477. The van der Waals surface area contributed by atoms with E-state index in [4.69, 9.17) is 15.2 Å². The van der Waals surface area contributed by atoms with E-state index in [0.717, 1.165) is 29.1 Å². The van der Waals surface area contributed by atoms with Crippen LogP contribution < -0.4 is 15.2 Å². The van der Waals surface area contributed by atoms with E-state index in [0.29, 0.717) is 17.1 Å². The minimum absolute atomic E-state index is 0.0471. The fraction of sp³-hybridized carbons (Fsp3) is 0.105. The lowest BCUT2D eigenvalue weighted by molar-refractivity contribution is 0.174. The Balaban J connectivity index is 1.83. The number of hydrogen-bond donors (Lipinski definition) is 1. The minimum atomic E-state index is -3.82. The summed E-state index contributed by atoms with van der Waals surface area (Å²) in [7, 11) is -3.82. The molecule has 0 saturated heterocycles. The summed E-state index contributed by atoms with van der Waals surface area (Å²) < 4.78 is 64.0. The highest BCUT2D eigenvalue weighted by atomic mass is 32.2. The van der Waals surface area contributed by atoms with Crippen molar-refractivity contribution >= 4 is 26.7 Å². The summed E-state index contributed by atoms with van der Waals surface area (Å²) in [5.74, 6) is -0.612. The lowest BCUT2D eigenvalue weighted by atomic mass is 10.1. The van der Waals surface area contributed by atoms with Crippen molar-refractivity contribution in [3.63, 3.8) is 0 Å². The number of aromatic nitrogens is 4. The Morgan fingerprint density at radius 1 is 1.06 bits per heavy atom. The molecule has 31 heavy (non-hydrogen) atoms. The number of sulfone groups is 1. The number of halogens is 2. The molecule has 0 fully saturated rings. The third-order valence-corrected chi connectivity index (χ3v) is 5.51. The fourth-order valence-corrected chi connectivity index (χ4v) is 3.75. The molecule has 0 spiro atoms. The van der Waals surface area contributed by atoms with Gasteiger partial charge in [0, 0.05) is 17.9 Å². The number of hydrogen-bond acceptors (Lipinski definition) is 8. The summed E-state index contributed by atoms with van der Waals surface area (Å²) in [6.07, 6.45) is 0.949. The highest BCUT2D eigenvalue weighted by molar-refractivity contribution is 7.90. The van der Waals surface area contributed by atoms with Gasteiger partial charge >= 0.3 is 0 Å². The first-order chi connectivity index (χ1) is 14.7. The summed E-state index contributed by atoms with van der Waals surface area (Å²) in [4.78, 5) is 8.16. The summed E-state index contributed by atoms with van der Waals surface area (Å²) in [6, 6.07) is 7.69. The fourth-order valence-electron chi connectivity index (χ4n) is 3.24. The molecule has 0 saturated carbocycles. The third kappa shape index (κ3) is 3.11. The van der Waals surface area contributed by atoms with Crippen LogP contribution in [-0.2, 0) is 9.84 Å². The molecule has 4 aromatic rings. The number of anilines is 1. The van der Waals surface area contributed by atoms with E-state index < -0.39 is 26.6 Å². The van der Waals surface area contributed by atoms with E-state index in [1.165, 1.54) is 0 Å². The van der Waals surface area contributed by atoms with Crippen LogP contribution in [0.15, 0.2) is 41.6 Å². The Morgan fingerprint density at radius 2 is 1.84 bits per heavy atom. The first-order valence-electron chi connectivity index (χ1n) is 8.84. The number of nitrogens with two attached hydrogens (primary N) is 1. The second kappa shape index (κ2) is 6.60. The van der Waals surface area contributed by atoms with Crippen molar-refractivity contribution in [2.45, 2.75) is 5.16 Å². The van der Waals surface area contributed by atoms with Crippen LogP contribution in [0.3, 0.4) is 0 Å². The van der Waals surface area contributed by atoms with Gasteiger partial charge in [0.2, 0.25) is 21.8 Å². The average Bonchev–Trinajstić information content (AvgIpc) is 3.32. The van der Waals surface area contributed by atoms with Gasteiger partial charge in [-0.05, 0) is 30.3 Å². The van der Waals surface area contributed by atoms with E-state index >= 15 is 0 Å². The maximum Gasteiger partial charge on any atom is 0.249 e. The van der Waals surface area contributed by atoms with Crippen molar-refractivity contribution in [2.75, 3.05) is 18.8 Å². The van der Waals surface area contributed by atoms with Crippen LogP contribution in [0.1, 0.15) is 0 Å². The van der Waals surface area contributed by atoms with Crippen molar-refractivity contribution in [2.24, 2.45) is 0 Å². The standard InChI is InChI=1S/C19H13F2N5O4S/c1-31(27,28)19-23-16(9-2-5-13-14(6-9)30-8-29-13)15-17(22)26(25-18(15)24-19)12-7-10(20)3-4-11(12)21/h2-7H,8,22H2,1H3. The second-order valence-electron chi connectivity index (χ2n) is 6.79. The molecule has 1 aliphatic heterocycles. The molecule has 1 aliphatic rings. The van der Waals surface area contributed by atoms with Crippen molar-refractivity contribution < 1.29 is 26.7 Å². The van der Waals surface area contributed by atoms with Crippen molar-refractivity contribution in [1.29, 1.82) is 0 Å². The molecule has 0 radical (unpaired) electrons. The van der Waals surface area contributed by atoms with E-state index in [9.17, 15) is 17.2 Å². The summed E-state index contributed by atoms with van der Waals surface area (Å²) >= 11 is 0.